The van der Waals surface area contributed by atoms with Crippen LogP contribution in [0, 0.1) is 12.8 Å². The normalized spacial score (nSPS) is 15.2. The summed E-state index contributed by atoms with van der Waals surface area (Å²) in [6.07, 6.45) is 2.01. The van der Waals surface area contributed by atoms with Crippen LogP contribution in [0.15, 0.2) is 24.3 Å². The molecule has 2 aromatic rings. The van der Waals surface area contributed by atoms with Crippen LogP contribution >= 0.6 is 0 Å². The largest absolute Gasteiger partial charge is 0.469 e. The number of hydrogen-bond donors (Lipinski definition) is 0. The van der Waals surface area contributed by atoms with Crippen molar-refractivity contribution >= 4 is 11.9 Å². The molecule has 25 heavy (non-hydrogen) atoms. The van der Waals surface area contributed by atoms with Gasteiger partial charge in [0.2, 0.25) is 0 Å². The summed E-state index contributed by atoms with van der Waals surface area (Å²) < 4.78 is 6.29. The van der Waals surface area contributed by atoms with Crippen molar-refractivity contribution in [1.82, 2.24) is 25.1 Å². The average molecular weight is 343 g/mol. The third-order valence-corrected chi connectivity index (χ3v) is 4.57. The smallest absolute Gasteiger partial charge is 0.305 e. The predicted octanol–water partition coefficient (Wildman–Crippen LogP) is 1.39. The molecule has 0 unspecified atom stereocenters. The maximum absolute atomic E-state index is 13.0. The molecule has 0 N–H and O–H groups in total. The van der Waals surface area contributed by atoms with Gasteiger partial charge < -0.3 is 9.64 Å². The van der Waals surface area contributed by atoms with Gasteiger partial charge in [-0.15, -0.1) is 5.10 Å². The second-order valence-corrected chi connectivity index (χ2v) is 6.17. The molecule has 0 aliphatic carbocycles. The molecule has 3 rings (SSSR count). The molecule has 1 aromatic heterocycles. The van der Waals surface area contributed by atoms with Crippen LogP contribution in [-0.4, -0.2) is 57.2 Å². The van der Waals surface area contributed by atoms with Gasteiger partial charge in [0.15, 0.2) is 5.82 Å². The van der Waals surface area contributed by atoms with E-state index in [0.717, 1.165) is 12.8 Å². The highest BCUT2D eigenvalue weighted by atomic mass is 16.5. The molecule has 1 amide bonds. The Morgan fingerprint density at radius 2 is 1.96 bits per heavy atom. The molecule has 1 aliphatic heterocycles. The number of aryl methyl sites for hydroxylation is 1. The van der Waals surface area contributed by atoms with E-state index in [-0.39, 0.29) is 17.8 Å². The number of amides is 1. The number of piperidine rings is 1. The van der Waals surface area contributed by atoms with Gasteiger partial charge in [0.25, 0.3) is 5.91 Å². The summed E-state index contributed by atoms with van der Waals surface area (Å²) in [5.41, 5.74) is 1.25. The monoisotopic (exact) mass is 343 g/mol. The van der Waals surface area contributed by atoms with Gasteiger partial charge in [0.05, 0.1) is 18.4 Å². The van der Waals surface area contributed by atoms with E-state index in [0.29, 0.717) is 36.6 Å². The van der Waals surface area contributed by atoms with Crippen LogP contribution in [0.25, 0.3) is 5.69 Å². The number of hydrogen-bond acceptors (Lipinski definition) is 6. The number of methoxy groups -OCH3 is 1. The fourth-order valence-corrected chi connectivity index (χ4v) is 3.12. The van der Waals surface area contributed by atoms with Gasteiger partial charge in [-0.3, -0.25) is 9.59 Å². The second-order valence-electron chi connectivity index (χ2n) is 6.17. The molecule has 1 aliphatic rings. The van der Waals surface area contributed by atoms with Crippen molar-refractivity contribution in [3.8, 4) is 5.69 Å². The molecular weight excluding hydrogens is 322 g/mol. The number of esters is 1. The molecule has 0 bridgehead atoms. The number of rotatable bonds is 4. The zero-order chi connectivity index (χ0) is 17.8. The topological polar surface area (TPSA) is 90.2 Å². The molecule has 0 radical (unpaired) electrons. The van der Waals surface area contributed by atoms with Crippen LogP contribution in [0.5, 0.6) is 0 Å². The molecule has 1 aromatic carbocycles. The number of para-hydroxylation sites is 1. The summed E-state index contributed by atoms with van der Waals surface area (Å²) in [7, 11) is 1.40. The first-order valence-corrected chi connectivity index (χ1v) is 8.30. The summed E-state index contributed by atoms with van der Waals surface area (Å²) in [5, 5.41) is 11.5. The molecule has 1 saturated heterocycles. The van der Waals surface area contributed by atoms with Gasteiger partial charge in [-0.2, -0.15) is 4.68 Å². The Morgan fingerprint density at radius 1 is 1.24 bits per heavy atom. The van der Waals surface area contributed by atoms with E-state index in [1.165, 1.54) is 7.11 Å². The highest BCUT2D eigenvalue weighted by Gasteiger charge is 2.27. The minimum absolute atomic E-state index is 0.0398. The molecule has 0 spiro atoms. The lowest BCUT2D eigenvalue weighted by atomic mass is 9.93. The van der Waals surface area contributed by atoms with Crippen LogP contribution in [-0.2, 0) is 9.53 Å². The van der Waals surface area contributed by atoms with Crippen molar-refractivity contribution in [2.24, 2.45) is 5.92 Å². The Kier molecular flexibility index (Phi) is 5.06. The van der Waals surface area contributed by atoms with E-state index in [4.69, 9.17) is 4.74 Å². The van der Waals surface area contributed by atoms with Gasteiger partial charge in [-0.25, -0.2) is 0 Å². The van der Waals surface area contributed by atoms with E-state index in [9.17, 15) is 9.59 Å². The van der Waals surface area contributed by atoms with Gasteiger partial charge in [-0.05, 0) is 48.2 Å². The summed E-state index contributed by atoms with van der Waals surface area (Å²) in [6.45, 7) is 3.05. The second kappa shape index (κ2) is 7.42. The first-order chi connectivity index (χ1) is 12.1. The number of nitrogens with zero attached hydrogens (tertiary/aromatic N) is 5. The maximum atomic E-state index is 13.0. The van der Waals surface area contributed by atoms with Crippen molar-refractivity contribution in [2.45, 2.75) is 26.2 Å². The summed E-state index contributed by atoms with van der Waals surface area (Å²) in [6, 6.07) is 7.32. The Bertz CT molecular complexity index is 765. The van der Waals surface area contributed by atoms with Crippen molar-refractivity contribution < 1.29 is 14.3 Å². The molecule has 2 heterocycles. The van der Waals surface area contributed by atoms with E-state index in [1.54, 1.807) is 17.7 Å². The Morgan fingerprint density at radius 3 is 2.60 bits per heavy atom. The first-order valence-electron chi connectivity index (χ1n) is 8.30. The number of carbonyl (C=O) groups excluding carboxylic acids is 2. The van der Waals surface area contributed by atoms with Gasteiger partial charge in [0, 0.05) is 19.5 Å². The Labute approximate surface area is 145 Å². The lowest BCUT2D eigenvalue weighted by Gasteiger charge is -2.32. The number of likely N-dealkylation sites (tertiary alicyclic amines) is 1. The van der Waals surface area contributed by atoms with Crippen LogP contribution in [0.2, 0.25) is 0 Å². The molecule has 1 fully saturated rings. The van der Waals surface area contributed by atoms with Gasteiger partial charge in [0.1, 0.15) is 0 Å². The van der Waals surface area contributed by atoms with Crippen molar-refractivity contribution in [3.63, 3.8) is 0 Å². The first kappa shape index (κ1) is 17.1. The predicted molar refractivity (Wildman–Crippen MR) is 89.2 cm³/mol. The number of ether oxygens (including phenoxy) is 1. The summed E-state index contributed by atoms with van der Waals surface area (Å²) >= 11 is 0. The van der Waals surface area contributed by atoms with Gasteiger partial charge in [-0.1, -0.05) is 12.1 Å². The van der Waals surface area contributed by atoms with Crippen molar-refractivity contribution in [3.05, 3.63) is 35.7 Å². The number of carbonyl (C=O) groups is 2. The van der Waals surface area contributed by atoms with Crippen LogP contribution < -0.4 is 0 Å². The quantitative estimate of drug-likeness (QED) is 0.779. The lowest BCUT2D eigenvalue weighted by molar-refractivity contribution is -0.142. The van der Waals surface area contributed by atoms with Crippen molar-refractivity contribution in [2.75, 3.05) is 20.2 Å². The lowest BCUT2D eigenvalue weighted by Crippen LogP contribution is -2.39. The fraction of sp³-hybridized carbons (Fsp3) is 0.471. The highest BCUT2D eigenvalue weighted by Crippen LogP contribution is 2.24. The van der Waals surface area contributed by atoms with Crippen LogP contribution in [0.3, 0.4) is 0 Å². The zero-order valence-electron chi connectivity index (χ0n) is 14.4. The van der Waals surface area contributed by atoms with E-state index in [1.807, 2.05) is 23.1 Å². The molecule has 132 valence electrons. The molecule has 8 nitrogen and oxygen atoms in total. The highest BCUT2D eigenvalue weighted by molar-refractivity contribution is 5.97. The van der Waals surface area contributed by atoms with Crippen LogP contribution in [0.4, 0.5) is 0 Å². The number of aromatic nitrogens is 4. The minimum atomic E-state index is -0.190. The molecular formula is C17H21N5O3. The third-order valence-electron chi connectivity index (χ3n) is 4.57. The molecule has 0 saturated carbocycles. The third kappa shape index (κ3) is 3.67. The van der Waals surface area contributed by atoms with E-state index < -0.39 is 0 Å². The minimum Gasteiger partial charge on any atom is -0.469 e. The van der Waals surface area contributed by atoms with E-state index >= 15 is 0 Å². The van der Waals surface area contributed by atoms with Crippen LogP contribution in [0.1, 0.15) is 35.4 Å². The number of benzene rings is 1. The number of tetrazole rings is 1. The summed E-state index contributed by atoms with van der Waals surface area (Å²) in [5.74, 6) is 0.664. The fourth-order valence-electron chi connectivity index (χ4n) is 3.12. The van der Waals surface area contributed by atoms with E-state index in [2.05, 4.69) is 15.5 Å². The standard InChI is InChI=1S/C17H21N5O3/c1-12-18-19-20-22(12)15-6-4-3-5-14(15)17(24)21-9-7-13(8-10-21)11-16(23)25-2/h3-6,13H,7-11H2,1-2H3. The zero-order valence-corrected chi connectivity index (χ0v) is 14.4. The molecule has 0 atom stereocenters. The van der Waals surface area contributed by atoms with Gasteiger partial charge >= 0.3 is 5.97 Å². The SMILES string of the molecule is COC(=O)CC1CCN(C(=O)c2ccccc2-n2nnnc2C)CC1. The maximum Gasteiger partial charge on any atom is 0.305 e. The van der Waals surface area contributed by atoms with Crippen molar-refractivity contribution in [1.29, 1.82) is 0 Å². The Hall–Kier alpha value is -2.77. The average Bonchev–Trinajstić information content (AvgIpc) is 3.07. The Balaban J connectivity index is 1.73. The molecule has 8 heteroatoms. The summed E-state index contributed by atoms with van der Waals surface area (Å²) in [4.78, 5) is 26.2.